The van der Waals surface area contributed by atoms with Gasteiger partial charge in [-0.25, -0.2) is 8.42 Å². The molecule has 1 aromatic carbocycles. The quantitative estimate of drug-likeness (QED) is 0.909. The fourth-order valence-electron chi connectivity index (χ4n) is 2.72. The maximum Gasteiger partial charge on any atom is 0.246 e. The lowest BCUT2D eigenvalue weighted by Crippen LogP contribution is -2.30. The Labute approximate surface area is 120 Å². The van der Waals surface area contributed by atoms with Gasteiger partial charge in [-0.05, 0) is 49.9 Å². The normalized spacial score (nSPS) is 20.3. The Hall–Kier alpha value is -1.11. The smallest absolute Gasteiger partial charge is 0.246 e. The molecule has 2 rings (SSSR count). The molecular weight excluding hydrogens is 276 g/mol. The Morgan fingerprint density at radius 1 is 1.40 bits per heavy atom. The highest BCUT2D eigenvalue weighted by molar-refractivity contribution is 7.89. The van der Waals surface area contributed by atoms with E-state index < -0.39 is 10.0 Å². The maximum absolute atomic E-state index is 12.8. The predicted molar refractivity (Wildman–Crippen MR) is 78.4 cm³/mol. The zero-order valence-electron chi connectivity index (χ0n) is 12.2. The summed E-state index contributed by atoms with van der Waals surface area (Å²) in [5.74, 6) is 0.688. The van der Waals surface area contributed by atoms with Crippen molar-refractivity contribution in [2.75, 3.05) is 26.7 Å². The average molecular weight is 298 g/mol. The van der Waals surface area contributed by atoms with Gasteiger partial charge in [-0.1, -0.05) is 6.07 Å². The molecule has 112 valence electrons. The van der Waals surface area contributed by atoms with Crippen molar-refractivity contribution in [2.24, 2.45) is 11.7 Å². The monoisotopic (exact) mass is 298 g/mol. The van der Waals surface area contributed by atoms with Crippen LogP contribution in [0, 0.1) is 19.8 Å². The number of hydrogen-bond donors (Lipinski definition) is 1. The second kappa shape index (κ2) is 5.71. The van der Waals surface area contributed by atoms with Crippen LogP contribution in [0.1, 0.15) is 17.5 Å². The van der Waals surface area contributed by atoms with Crippen molar-refractivity contribution >= 4 is 10.0 Å². The summed E-state index contributed by atoms with van der Waals surface area (Å²) in [5.41, 5.74) is 7.38. The standard InChI is InChI=1S/C14H22N2O3S/c1-10-6-11(2)14(19-3)13(7-10)20(17,18)16-5-4-12(8-15)9-16/h6-7,12H,4-5,8-9,15H2,1-3H3. The van der Waals surface area contributed by atoms with Crippen LogP contribution in [0.3, 0.4) is 0 Å². The van der Waals surface area contributed by atoms with Gasteiger partial charge >= 0.3 is 0 Å². The van der Waals surface area contributed by atoms with Crippen molar-refractivity contribution in [3.63, 3.8) is 0 Å². The minimum atomic E-state index is -3.52. The van der Waals surface area contributed by atoms with Crippen molar-refractivity contribution in [3.8, 4) is 5.75 Å². The van der Waals surface area contributed by atoms with E-state index in [0.717, 1.165) is 17.5 Å². The molecule has 1 heterocycles. The third kappa shape index (κ3) is 2.68. The molecule has 20 heavy (non-hydrogen) atoms. The van der Waals surface area contributed by atoms with Gasteiger partial charge in [0.25, 0.3) is 0 Å². The molecule has 5 nitrogen and oxygen atoms in total. The van der Waals surface area contributed by atoms with Gasteiger partial charge in [0.2, 0.25) is 10.0 Å². The Kier molecular flexibility index (Phi) is 4.36. The predicted octanol–water partition coefficient (Wildman–Crippen LogP) is 1.28. The Morgan fingerprint density at radius 2 is 2.10 bits per heavy atom. The van der Waals surface area contributed by atoms with Crippen LogP contribution >= 0.6 is 0 Å². The van der Waals surface area contributed by atoms with Gasteiger partial charge in [-0.15, -0.1) is 0 Å². The van der Waals surface area contributed by atoms with Gasteiger partial charge in [-0.3, -0.25) is 0 Å². The first-order valence-corrected chi connectivity index (χ1v) is 8.19. The number of methoxy groups -OCH3 is 1. The summed E-state index contributed by atoms with van der Waals surface area (Å²) < 4.78 is 32.4. The Morgan fingerprint density at radius 3 is 2.65 bits per heavy atom. The number of ether oxygens (including phenoxy) is 1. The maximum atomic E-state index is 12.8. The first-order chi connectivity index (χ1) is 9.40. The molecule has 0 aromatic heterocycles. The number of rotatable bonds is 4. The van der Waals surface area contributed by atoms with Crippen LogP contribution in [0.4, 0.5) is 0 Å². The highest BCUT2D eigenvalue weighted by Gasteiger charge is 2.34. The molecule has 0 aliphatic carbocycles. The molecule has 6 heteroatoms. The van der Waals surface area contributed by atoms with Gasteiger partial charge in [0.1, 0.15) is 10.6 Å². The van der Waals surface area contributed by atoms with E-state index >= 15 is 0 Å². The Balaban J connectivity index is 2.45. The topological polar surface area (TPSA) is 72.6 Å². The summed E-state index contributed by atoms with van der Waals surface area (Å²) in [6, 6.07) is 3.60. The highest BCUT2D eigenvalue weighted by Crippen LogP contribution is 2.33. The molecule has 0 bridgehead atoms. The summed E-state index contributed by atoms with van der Waals surface area (Å²) in [6.07, 6.45) is 0.822. The van der Waals surface area contributed by atoms with Crippen molar-refractivity contribution in [2.45, 2.75) is 25.2 Å². The summed E-state index contributed by atoms with van der Waals surface area (Å²) in [7, 11) is -2.01. The van der Waals surface area contributed by atoms with E-state index in [1.54, 1.807) is 6.07 Å². The first-order valence-electron chi connectivity index (χ1n) is 6.75. The van der Waals surface area contributed by atoms with Crippen LogP contribution in [0.25, 0.3) is 0 Å². The van der Waals surface area contributed by atoms with Crippen molar-refractivity contribution in [3.05, 3.63) is 23.3 Å². The molecule has 0 radical (unpaired) electrons. The lowest BCUT2D eigenvalue weighted by Gasteiger charge is -2.20. The van der Waals surface area contributed by atoms with Crippen LogP contribution in [0.5, 0.6) is 5.75 Å². The van der Waals surface area contributed by atoms with Crippen molar-refractivity contribution < 1.29 is 13.2 Å². The summed E-state index contributed by atoms with van der Waals surface area (Å²) in [6.45, 7) is 5.29. The SMILES string of the molecule is COc1c(C)cc(C)cc1S(=O)(=O)N1CCC(CN)C1. The molecule has 1 atom stereocenters. The van der Waals surface area contributed by atoms with E-state index in [9.17, 15) is 8.42 Å². The first kappa shape index (κ1) is 15.3. The highest BCUT2D eigenvalue weighted by atomic mass is 32.2. The zero-order chi connectivity index (χ0) is 14.9. The molecular formula is C14H22N2O3S. The van der Waals surface area contributed by atoms with E-state index in [2.05, 4.69) is 0 Å². The van der Waals surface area contributed by atoms with Gasteiger partial charge in [0.05, 0.1) is 7.11 Å². The fourth-order valence-corrected chi connectivity index (χ4v) is 4.56. The molecule has 1 unspecified atom stereocenters. The number of sulfonamides is 1. The van der Waals surface area contributed by atoms with Crippen molar-refractivity contribution in [1.29, 1.82) is 0 Å². The molecule has 0 spiro atoms. The Bertz CT molecular complexity index is 599. The molecule has 1 saturated heterocycles. The van der Waals surface area contributed by atoms with E-state index in [0.29, 0.717) is 25.4 Å². The number of benzene rings is 1. The van der Waals surface area contributed by atoms with Crippen LogP contribution in [0.2, 0.25) is 0 Å². The molecule has 1 aliphatic heterocycles. The number of nitrogens with zero attached hydrogens (tertiary/aromatic N) is 1. The van der Waals surface area contributed by atoms with Crippen LogP contribution in [-0.4, -0.2) is 39.5 Å². The van der Waals surface area contributed by atoms with Gasteiger partial charge in [-0.2, -0.15) is 4.31 Å². The van der Waals surface area contributed by atoms with Crippen LogP contribution in [0.15, 0.2) is 17.0 Å². The third-order valence-electron chi connectivity index (χ3n) is 3.79. The molecule has 2 N–H and O–H groups in total. The van der Waals surface area contributed by atoms with Gasteiger partial charge < -0.3 is 10.5 Å². The molecule has 1 fully saturated rings. The molecule has 0 saturated carbocycles. The van der Waals surface area contributed by atoms with E-state index in [4.69, 9.17) is 10.5 Å². The fraction of sp³-hybridized carbons (Fsp3) is 0.571. The van der Waals surface area contributed by atoms with Crippen LogP contribution in [-0.2, 0) is 10.0 Å². The lowest BCUT2D eigenvalue weighted by molar-refractivity contribution is 0.394. The number of aryl methyl sites for hydroxylation is 2. The second-order valence-corrected chi connectivity index (χ2v) is 7.27. The van der Waals surface area contributed by atoms with Gasteiger partial charge in [0.15, 0.2) is 0 Å². The average Bonchev–Trinajstić information content (AvgIpc) is 2.87. The molecule has 0 amide bonds. The summed E-state index contributed by atoms with van der Waals surface area (Å²) in [5, 5.41) is 0. The minimum absolute atomic E-state index is 0.252. The number of hydrogen-bond acceptors (Lipinski definition) is 4. The van der Waals surface area contributed by atoms with Gasteiger partial charge in [0, 0.05) is 13.1 Å². The second-order valence-electron chi connectivity index (χ2n) is 5.37. The minimum Gasteiger partial charge on any atom is -0.495 e. The zero-order valence-corrected chi connectivity index (χ0v) is 13.0. The van der Waals surface area contributed by atoms with E-state index in [1.807, 2.05) is 19.9 Å². The van der Waals surface area contributed by atoms with Crippen LogP contribution < -0.4 is 10.5 Å². The largest absolute Gasteiger partial charge is 0.495 e. The van der Waals surface area contributed by atoms with E-state index in [-0.39, 0.29) is 10.8 Å². The number of nitrogens with two attached hydrogens (primary N) is 1. The third-order valence-corrected chi connectivity index (χ3v) is 5.66. The molecule has 1 aliphatic rings. The van der Waals surface area contributed by atoms with E-state index in [1.165, 1.54) is 11.4 Å². The van der Waals surface area contributed by atoms with Crippen molar-refractivity contribution in [1.82, 2.24) is 4.31 Å². The lowest BCUT2D eigenvalue weighted by atomic mass is 10.1. The summed E-state index contributed by atoms with van der Waals surface area (Å²) in [4.78, 5) is 0.259. The molecule has 1 aromatic rings. The summed E-state index contributed by atoms with van der Waals surface area (Å²) >= 11 is 0.